The fourth-order valence-corrected chi connectivity index (χ4v) is 1.63. The number of hydrogen-bond donors (Lipinski definition) is 1. The third-order valence-electron chi connectivity index (χ3n) is 2.50. The Hall–Kier alpha value is -2.44. The summed E-state index contributed by atoms with van der Waals surface area (Å²) in [6, 6.07) is 4.96. The highest BCUT2D eigenvalue weighted by Crippen LogP contribution is 2.27. The molecule has 1 heterocycles. The Morgan fingerprint density at radius 3 is 3.00 bits per heavy atom. The molecule has 2 rings (SSSR count). The summed E-state index contributed by atoms with van der Waals surface area (Å²) in [5.41, 5.74) is 1.43. The van der Waals surface area contributed by atoms with Crippen molar-refractivity contribution in [3.05, 3.63) is 46.1 Å². The first-order valence-corrected chi connectivity index (χ1v) is 5.42. The average Bonchev–Trinajstić information content (AvgIpc) is 2.84. The molecule has 1 aromatic heterocycles. The molecule has 0 aliphatic heterocycles. The van der Waals surface area contributed by atoms with Crippen LogP contribution in [0.3, 0.4) is 0 Å². The van der Waals surface area contributed by atoms with E-state index >= 15 is 0 Å². The first-order chi connectivity index (χ1) is 8.68. The van der Waals surface area contributed by atoms with Crippen LogP contribution in [0.25, 0.3) is 0 Å². The number of hydrogen-bond acceptors (Lipinski definition) is 6. The summed E-state index contributed by atoms with van der Waals surface area (Å²) < 4.78 is 4.84. The summed E-state index contributed by atoms with van der Waals surface area (Å²) in [5.74, 6) is 0.499. The van der Waals surface area contributed by atoms with E-state index in [1.165, 1.54) is 12.4 Å². The minimum atomic E-state index is -0.401. The Labute approximate surface area is 103 Å². The zero-order valence-electron chi connectivity index (χ0n) is 9.79. The van der Waals surface area contributed by atoms with Gasteiger partial charge in [0.05, 0.1) is 4.92 Å². The standard InChI is InChI=1S/C11H12N4O3/c1-8-3-2-4-9(15(16)17)11(8)12-6-5-10-13-7-14-18-10/h2-4,7,12H,5-6H2,1H3. The molecule has 0 saturated heterocycles. The minimum absolute atomic E-state index is 0.0699. The first-order valence-electron chi connectivity index (χ1n) is 5.42. The van der Waals surface area contributed by atoms with E-state index in [0.29, 0.717) is 24.5 Å². The van der Waals surface area contributed by atoms with E-state index in [2.05, 4.69) is 15.5 Å². The van der Waals surface area contributed by atoms with Gasteiger partial charge in [-0.3, -0.25) is 10.1 Å². The average molecular weight is 248 g/mol. The SMILES string of the molecule is Cc1cccc([N+](=O)[O-])c1NCCc1ncno1. The zero-order chi connectivity index (χ0) is 13.0. The second-order valence-corrected chi connectivity index (χ2v) is 3.74. The Morgan fingerprint density at radius 2 is 2.33 bits per heavy atom. The number of nitro benzene ring substituents is 1. The largest absolute Gasteiger partial charge is 0.379 e. The number of nitrogens with zero attached hydrogens (tertiary/aromatic N) is 3. The van der Waals surface area contributed by atoms with Crippen LogP contribution in [0.1, 0.15) is 11.5 Å². The summed E-state index contributed by atoms with van der Waals surface area (Å²) >= 11 is 0. The number of para-hydroxylation sites is 1. The molecule has 7 nitrogen and oxygen atoms in total. The molecular formula is C11H12N4O3. The molecule has 0 bridgehead atoms. The van der Waals surface area contributed by atoms with Gasteiger partial charge in [0.1, 0.15) is 5.69 Å². The second kappa shape index (κ2) is 5.26. The van der Waals surface area contributed by atoms with Crippen LogP contribution in [0.4, 0.5) is 11.4 Å². The summed E-state index contributed by atoms with van der Waals surface area (Å²) in [7, 11) is 0. The van der Waals surface area contributed by atoms with Crippen molar-refractivity contribution in [3.8, 4) is 0 Å². The Kier molecular flexibility index (Phi) is 3.52. The van der Waals surface area contributed by atoms with Gasteiger partial charge in [0.2, 0.25) is 5.89 Å². The maximum Gasteiger partial charge on any atom is 0.292 e. The molecule has 0 atom stereocenters. The van der Waals surface area contributed by atoms with Crippen molar-refractivity contribution in [1.29, 1.82) is 0 Å². The maximum absolute atomic E-state index is 10.9. The van der Waals surface area contributed by atoms with E-state index in [1.807, 2.05) is 13.0 Å². The van der Waals surface area contributed by atoms with Crippen LogP contribution in [0.15, 0.2) is 29.0 Å². The van der Waals surface area contributed by atoms with Gasteiger partial charge in [-0.05, 0) is 12.5 Å². The molecule has 0 aliphatic rings. The molecule has 7 heteroatoms. The van der Waals surface area contributed by atoms with E-state index in [-0.39, 0.29) is 5.69 Å². The molecular weight excluding hydrogens is 236 g/mol. The minimum Gasteiger partial charge on any atom is -0.379 e. The number of anilines is 1. The Morgan fingerprint density at radius 1 is 1.50 bits per heavy atom. The van der Waals surface area contributed by atoms with Gasteiger partial charge < -0.3 is 9.84 Å². The molecule has 0 spiro atoms. The topological polar surface area (TPSA) is 94.1 Å². The highest BCUT2D eigenvalue weighted by Gasteiger charge is 2.14. The molecule has 0 radical (unpaired) electrons. The summed E-state index contributed by atoms with van der Waals surface area (Å²) in [4.78, 5) is 14.4. The van der Waals surface area contributed by atoms with E-state index in [9.17, 15) is 10.1 Å². The third kappa shape index (κ3) is 2.62. The van der Waals surface area contributed by atoms with Crippen LogP contribution >= 0.6 is 0 Å². The third-order valence-corrected chi connectivity index (χ3v) is 2.50. The van der Waals surface area contributed by atoms with Crippen molar-refractivity contribution >= 4 is 11.4 Å². The Bertz CT molecular complexity index is 539. The molecule has 0 fully saturated rings. The van der Waals surface area contributed by atoms with E-state index < -0.39 is 4.92 Å². The number of nitro groups is 1. The van der Waals surface area contributed by atoms with Crippen molar-refractivity contribution in [2.45, 2.75) is 13.3 Å². The van der Waals surface area contributed by atoms with E-state index in [4.69, 9.17) is 4.52 Å². The van der Waals surface area contributed by atoms with Crippen molar-refractivity contribution in [2.24, 2.45) is 0 Å². The molecule has 94 valence electrons. The molecule has 0 aliphatic carbocycles. The first kappa shape index (κ1) is 12.0. The molecule has 1 aromatic carbocycles. The number of aromatic nitrogens is 2. The summed E-state index contributed by atoms with van der Waals surface area (Å²) in [5, 5.41) is 17.4. The molecule has 2 aromatic rings. The monoisotopic (exact) mass is 248 g/mol. The quantitative estimate of drug-likeness (QED) is 0.641. The zero-order valence-corrected chi connectivity index (χ0v) is 9.79. The van der Waals surface area contributed by atoms with Crippen molar-refractivity contribution < 1.29 is 9.45 Å². The van der Waals surface area contributed by atoms with E-state index in [1.54, 1.807) is 6.07 Å². The van der Waals surface area contributed by atoms with Crippen LogP contribution in [0, 0.1) is 17.0 Å². The van der Waals surface area contributed by atoms with Crippen molar-refractivity contribution in [1.82, 2.24) is 10.1 Å². The smallest absolute Gasteiger partial charge is 0.292 e. The highest BCUT2D eigenvalue weighted by molar-refractivity contribution is 5.65. The fourth-order valence-electron chi connectivity index (χ4n) is 1.63. The lowest BCUT2D eigenvalue weighted by molar-refractivity contribution is -0.384. The van der Waals surface area contributed by atoms with Gasteiger partial charge in [0.15, 0.2) is 6.33 Å². The number of nitrogens with one attached hydrogen (secondary N) is 1. The normalized spacial score (nSPS) is 10.3. The molecule has 0 amide bonds. The lowest BCUT2D eigenvalue weighted by atomic mass is 10.1. The van der Waals surface area contributed by atoms with Crippen LogP contribution in [-0.4, -0.2) is 21.6 Å². The number of rotatable bonds is 5. The van der Waals surface area contributed by atoms with Gasteiger partial charge in [-0.1, -0.05) is 17.3 Å². The van der Waals surface area contributed by atoms with Crippen molar-refractivity contribution in [2.75, 3.05) is 11.9 Å². The van der Waals surface area contributed by atoms with Crippen LogP contribution in [-0.2, 0) is 6.42 Å². The Balaban J connectivity index is 2.06. The van der Waals surface area contributed by atoms with Gasteiger partial charge in [-0.2, -0.15) is 4.98 Å². The lowest BCUT2D eigenvalue weighted by Crippen LogP contribution is -2.08. The van der Waals surface area contributed by atoms with Crippen LogP contribution in [0.2, 0.25) is 0 Å². The highest BCUT2D eigenvalue weighted by atomic mass is 16.6. The molecule has 18 heavy (non-hydrogen) atoms. The van der Waals surface area contributed by atoms with Gasteiger partial charge in [-0.25, -0.2) is 0 Å². The second-order valence-electron chi connectivity index (χ2n) is 3.74. The maximum atomic E-state index is 10.9. The molecule has 0 unspecified atom stereocenters. The van der Waals surface area contributed by atoms with Gasteiger partial charge >= 0.3 is 0 Å². The van der Waals surface area contributed by atoms with Gasteiger partial charge in [0.25, 0.3) is 5.69 Å². The fraction of sp³-hybridized carbons (Fsp3) is 0.273. The lowest BCUT2D eigenvalue weighted by Gasteiger charge is -2.08. The van der Waals surface area contributed by atoms with Crippen molar-refractivity contribution in [3.63, 3.8) is 0 Å². The van der Waals surface area contributed by atoms with Crippen LogP contribution in [0.5, 0.6) is 0 Å². The van der Waals surface area contributed by atoms with Gasteiger partial charge in [-0.15, -0.1) is 0 Å². The van der Waals surface area contributed by atoms with Crippen LogP contribution < -0.4 is 5.32 Å². The van der Waals surface area contributed by atoms with Gasteiger partial charge in [0, 0.05) is 19.0 Å². The summed E-state index contributed by atoms with van der Waals surface area (Å²) in [6.07, 6.45) is 1.84. The molecule has 1 N–H and O–H groups in total. The van der Waals surface area contributed by atoms with E-state index in [0.717, 1.165) is 5.56 Å². The number of benzene rings is 1. The molecule has 0 saturated carbocycles. The predicted octanol–water partition coefficient (Wildman–Crippen LogP) is 1.94. The predicted molar refractivity (Wildman–Crippen MR) is 64.3 cm³/mol. The number of aryl methyl sites for hydroxylation is 1. The summed E-state index contributed by atoms with van der Waals surface area (Å²) in [6.45, 7) is 2.32.